The number of hydrazine groups is 1. The molecule has 1 heterocycles. The minimum absolute atomic E-state index is 0.383. The van der Waals surface area contributed by atoms with Crippen LogP contribution < -0.4 is 16.6 Å². The van der Waals surface area contributed by atoms with Crippen molar-refractivity contribution in [1.29, 1.82) is 0 Å². The molecule has 0 amide bonds. The average Bonchev–Trinajstić information content (AvgIpc) is 2.91. The topological polar surface area (TPSA) is 95.0 Å². The van der Waals surface area contributed by atoms with Gasteiger partial charge >= 0.3 is 0 Å². The molecule has 0 spiro atoms. The minimum atomic E-state index is 0.383. The molecule has 0 fully saturated rings. The van der Waals surface area contributed by atoms with Gasteiger partial charge in [0, 0.05) is 36.7 Å². The van der Waals surface area contributed by atoms with E-state index in [0.717, 1.165) is 11.3 Å². The third-order valence-electron chi connectivity index (χ3n) is 2.67. The molecule has 9 heteroatoms. The van der Waals surface area contributed by atoms with Crippen LogP contribution in [0.15, 0.2) is 52.9 Å². The summed E-state index contributed by atoms with van der Waals surface area (Å²) in [6, 6.07) is 9.70. The fraction of sp³-hybridized carbons (Fsp3) is 0.250. The van der Waals surface area contributed by atoms with Crippen LogP contribution in [0.25, 0.3) is 10.4 Å². The van der Waals surface area contributed by atoms with Crippen LogP contribution in [0.3, 0.4) is 0 Å². The molecule has 0 radical (unpaired) electrons. The molecule has 0 aliphatic carbocycles. The highest BCUT2D eigenvalue weighted by molar-refractivity contribution is 7.97. The van der Waals surface area contributed by atoms with Crippen molar-refractivity contribution in [3.8, 4) is 0 Å². The van der Waals surface area contributed by atoms with Crippen molar-refractivity contribution >= 4 is 17.6 Å². The summed E-state index contributed by atoms with van der Waals surface area (Å²) in [5.74, 6) is 0. The van der Waals surface area contributed by atoms with Crippen molar-refractivity contribution < 1.29 is 0 Å². The number of benzene rings is 1. The number of imidazole rings is 1. The number of nitrogens with zero attached hydrogens (tertiary/aromatic N) is 6. The number of nitrogens with one attached hydrogen (secondary N) is 2. The van der Waals surface area contributed by atoms with Crippen LogP contribution in [0.4, 0.5) is 5.69 Å². The molecule has 0 unspecified atom stereocenters. The molecular weight excluding hydrogens is 288 g/mol. The zero-order chi connectivity index (χ0) is 14.9. The van der Waals surface area contributed by atoms with E-state index >= 15 is 0 Å². The van der Waals surface area contributed by atoms with Gasteiger partial charge in [-0.05, 0) is 29.6 Å². The minimum Gasteiger partial charge on any atom is -0.315 e. The zero-order valence-electron chi connectivity index (χ0n) is 11.5. The summed E-state index contributed by atoms with van der Waals surface area (Å²) in [4.78, 5) is 2.75. The van der Waals surface area contributed by atoms with Gasteiger partial charge in [-0.2, -0.15) is 0 Å². The summed E-state index contributed by atoms with van der Waals surface area (Å²) in [6.07, 6.45) is 5.76. The first-order valence-electron chi connectivity index (χ1n) is 6.28. The second-order valence-electron chi connectivity index (χ2n) is 3.97. The molecule has 0 atom stereocenters. The molecule has 21 heavy (non-hydrogen) atoms. The fourth-order valence-electron chi connectivity index (χ4n) is 1.69. The van der Waals surface area contributed by atoms with Crippen molar-refractivity contribution in [3.05, 3.63) is 58.8 Å². The van der Waals surface area contributed by atoms with E-state index in [1.165, 1.54) is 11.9 Å². The number of anilines is 1. The van der Waals surface area contributed by atoms with Crippen LogP contribution in [0.1, 0.15) is 0 Å². The summed E-state index contributed by atoms with van der Waals surface area (Å²) < 4.78 is 3.82. The molecule has 110 valence electrons. The van der Waals surface area contributed by atoms with E-state index in [0.29, 0.717) is 13.1 Å². The Balaban J connectivity index is 2.10. The molecule has 2 rings (SSSR count). The van der Waals surface area contributed by atoms with E-state index in [1.807, 2.05) is 57.5 Å². The second-order valence-corrected chi connectivity index (χ2v) is 4.73. The third kappa shape index (κ3) is 4.23. The van der Waals surface area contributed by atoms with E-state index in [9.17, 15) is 0 Å². The van der Waals surface area contributed by atoms with Gasteiger partial charge in [0.25, 0.3) is 0 Å². The molecule has 2 aromatic rings. The smallest absolute Gasteiger partial charge is 0.239 e. The summed E-state index contributed by atoms with van der Waals surface area (Å²) in [7, 11) is 0. The van der Waals surface area contributed by atoms with E-state index in [2.05, 4.69) is 26.1 Å². The Kier molecular flexibility index (Phi) is 5.62. The molecule has 1 aromatic heterocycles. The van der Waals surface area contributed by atoms with Crippen molar-refractivity contribution in [2.45, 2.75) is 6.54 Å². The largest absolute Gasteiger partial charge is 0.315 e. The van der Waals surface area contributed by atoms with E-state index in [-0.39, 0.29) is 0 Å². The Morgan fingerprint density at radius 2 is 2.10 bits per heavy atom. The van der Waals surface area contributed by atoms with Crippen LogP contribution in [-0.4, -0.2) is 21.3 Å². The van der Waals surface area contributed by atoms with Crippen LogP contribution >= 0.6 is 11.9 Å². The molecule has 0 aliphatic heterocycles. The van der Waals surface area contributed by atoms with Crippen LogP contribution in [0, 0.1) is 0 Å². The Bertz CT molecular complexity index is 668. The fourth-order valence-corrected chi connectivity index (χ4v) is 2.18. The maximum atomic E-state index is 8.33. The maximum absolute atomic E-state index is 8.33. The SMILES string of the molecule is CSn1ccn(CCN=[N+]=[N-])/c1=N/NNc1ccccc1. The summed E-state index contributed by atoms with van der Waals surface area (Å²) in [5, 5.41) is 7.86. The lowest BCUT2D eigenvalue weighted by molar-refractivity contribution is 0.639. The van der Waals surface area contributed by atoms with Gasteiger partial charge in [0.2, 0.25) is 5.62 Å². The van der Waals surface area contributed by atoms with Crippen LogP contribution in [-0.2, 0) is 6.54 Å². The van der Waals surface area contributed by atoms with Gasteiger partial charge in [-0.1, -0.05) is 23.3 Å². The average molecular weight is 304 g/mol. The van der Waals surface area contributed by atoms with Gasteiger partial charge in [0.05, 0.1) is 5.69 Å². The second kappa shape index (κ2) is 7.93. The van der Waals surface area contributed by atoms with Crippen molar-refractivity contribution in [2.24, 2.45) is 10.2 Å². The Hall–Kier alpha value is -2.51. The van der Waals surface area contributed by atoms with Gasteiger partial charge in [-0.3, -0.25) is 9.40 Å². The van der Waals surface area contributed by atoms with Gasteiger partial charge in [0.15, 0.2) is 0 Å². The number of hydrogen-bond acceptors (Lipinski definition) is 5. The van der Waals surface area contributed by atoms with Crippen molar-refractivity contribution in [2.75, 3.05) is 18.2 Å². The predicted molar refractivity (Wildman–Crippen MR) is 84.1 cm³/mol. The summed E-state index contributed by atoms with van der Waals surface area (Å²) >= 11 is 1.53. The predicted octanol–water partition coefficient (Wildman–Crippen LogP) is 2.16. The molecule has 8 nitrogen and oxygen atoms in total. The number of hydrogen-bond donors (Lipinski definition) is 2. The first kappa shape index (κ1) is 14.9. The highest BCUT2D eigenvalue weighted by atomic mass is 32.2. The van der Waals surface area contributed by atoms with E-state index < -0.39 is 0 Å². The highest BCUT2D eigenvalue weighted by Crippen LogP contribution is 2.02. The molecule has 0 aliphatic rings. The number of para-hydroxylation sites is 1. The molecule has 0 bridgehead atoms. The molecule has 0 saturated heterocycles. The summed E-state index contributed by atoms with van der Waals surface area (Å²) in [5.41, 5.74) is 15.8. The van der Waals surface area contributed by atoms with Crippen molar-refractivity contribution in [1.82, 2.24) is 14.1 Å². The Labute approximate surface area is 126 Å². The maximum Gasteiger partial charge on any atom is 0.239 e. The van der Waals surface area contributed by atoms with Gasteiger partial charge < -0.3 is 4.57 Å². The number of aromatic nitrogens is 2. The van der Waals surface area contributed by atoms with Gasteiger partial charge in [0.1, 0.15) is 0 Å². The highest BCUT2D eigenvalue weighted by Gasteiger charge is 2.00. The van der Waals surface area contributed by atoms with Crippen molar-refractivity contribution in [3.63, 3.8) is 0 Å². The van der Waals surface area contributed by atoms with Crippen LogP contribution in [0.5, 0.6) is 0 Å². The summed E-state index contributed by atoms with van der Waals surface area (Å²) in [6.45, 7) is 0.956. The lowest BCUT2D eigenvalue weighted by Crippen LogP contribution is -2.29. The number of rotatable bonds is 7. The standard InChI is InChI=1S/C12H16N8S/c1-21-20-10-9-19(8-7-14-17-13)12(20)16-18-15-11-5-3-2-4-6-11/h2-6,9-10,15,18H,7-8H2,1H3/b16-12-. The van der Waals surface area contributed by atoms with E-state index in [1.54, 1.807) is 0 Å². The first-order chi connectivity index (χ1) is 10.3. The molecular formula is C12H16N8S. The molecule has 0 saturated carbocycles. The third-order valence-corrected chi connectivity index (χ3v) is 3.35. The normalized spacial score (nSPS) is 11.0. The first-order valence-corrected chi connectivity index (χ1v) is 7.46. The monoisotopic (exact) mass is 304 g/mol. The van der Waals surface area contributed by atoms with Gasteiger partial charge in [-0.25, -0.2) is 5.53 Å². The Morgan fingerprint density at radius 1 is 1.29 bits per heavy atom. The molecule has 1 aromatic carbocycles. The number of azide groups is 1. The van der Waals surface area contributed by atoms with E-state index in [4.69, 9.17) is 5.53 Å². The molecule has 2 N–H and O–H groups in total. The van der Waals surface area contributed by atoms with Crippen LogP contribution in [0.2, 0.25) is 0 Å². The Morgan fingerprint density at radius 3 is 2.81 bits per heavy atom. The lowest BCUT2D eigenvalue weighted by Gasteiger charge is -2.05. The zero-order valence-corrected chi connectivity index (χ0v) is 12.4. The lowest BCUT2D eigenvalue weighted by atomic mass is 10.3. The quantitative estimate of drug-likeness (QED) is 0.355. The van der Waals surface area contributed by atoms with Gasteiger partial charge in [-0.15, -0.1) is 5.10 Å².